The van der Waals surface area contributed by atoms with Gasteiger partial charge in [0.05, 0.1) is 13.5 Å². The first-order valence-corrected chi connectivity index (χ1v) is 5.91. The molecule has 110 valence electrons. The van der Waals surface area contributed by atoms with E-state index in [1.54, 1.807) is 6.07 Å². The Morgan fingerprint density at radius 1 is 1.30 bits per heavy atom. The van der Waals surface area contributed by atoms with E-state index in [0.717, 1.165) is 0 Å². The summed E-state index contributed by atoms with van der Waals surface area (Å²) >= 11 is 0. The number of amides is 1. The van der Waals surface area contributed by atoms with Crippen LogP contribution in [-0.2, 0) is 19.1 Å². The van der Waals surface area contributed by atoms with Crippen molar-refractivity contribution < 1.29 is 24.2 Å². The number of hydrogen-bond donors (Lipinski definition) is 3. The van der Waals surface area contributed by atoms with E-state index in [1.165, 1.54) is 13.3 Å². The highest BCUT2D eigenvalue weighted by Crippen LogP contribution is 1.93. The van der Waals surface area contributed by atoms with Crippen LogP contribution in [0.25, 0.3) is 0 Å². The van der Waals surface area contributed by atoms with Gasteiger partial charge in [-0.15, -0.1) is 0 Å². The molecule has 0 aliphatic rings. The first-order valence-electron chi connectivity index (χ1n) is 5.91. The molecule has 0 fully saturated rings. The molecule has 0 heterocycles. The number of ether oxygens (including phenoxy) is 1. The van der Waals surface area contributed by atoms with Gasteiger partial charge in [0.25, 0.3) is 5.91 Å². The van der Waals surface area contributed by atoms with Crippen molar-refractivity contribution in [2.45, 2.75) is 19.3 Å². The van der Waals surface area contributed by atoms with Gasteiger partial charge in [-0.1, -0.05) is 0 Å². The standard InChI is InChI=1S/C12H17N3O5/c1-20-11(18)4-6-14-8-9(7-13)12(19)15-5-2-3-10(16)17/h8,14H,2-6H2,1H3,(H,15,19)(H,16,17)/b9-8-. The van der Waals surface area contributed by atoms with Crippen molar-refractivity contribution in [3.63, 3.8) is 0 Å². The third-order valence-electron chi connectivity index (χ3n) is 2.17. The number of methoxy groups -OCH3 is 1. The second-order valence-electron chi connectivity index (χ2n) is 3.70. The zero-order valence-corrected chi connectivity index (χ0v) is 11.1. The van der Waals surface area contributed by atoms with Gasteiger partial charge >= 0.3 is 11.9 Å². The Morgan fingerprint density at radius 3 is 2.55 bits per heavy atom. The summed E-state index contributed by atoms with van der Waals surface area (Å²) in [7, 11) is 1.27. The summed E-state index contributed by atoms with van der Waals surface area (Å²) in [6.45, 7) is 0.413. The molecule has 0 bridgehead atoms. The van der Waals surface area contributed by atoms with Gasteiger partial charge in [0.15, 0.2) is 0 Å². The van der Waals surface area contributed by atoms with Gasteiger partial charge in [0.2, 0.25) is 0 Å². The first kappa shape index (κ1) is 17.4. The number of aliphatic carboxylic acids is 1. The Balaban J connectivity index is 4.04. The third-order valence-corrected chi connectivity index (χ3v) is 2.17. The lowest BCUT2D eigenvalue weighted by Gasteiger charge is -2.04. The van der Waals surface area contributed by atoms with Gasteiger partial charge in [-0.25, -0.2) is 0 Å². The molecule has 8 heteroatoms. The van der Waals surface area contributed by atoms with E-state index in [2.05, 4.69) is 15.4 Å². The zero-order valence-electron chi connectivity index (χ0n) is 11.1. The van der Waals surface area contributed by atoms with Crippen LogP contribution in [0.3, 0.4) is 0 Å². The van der Waals surface area contributed by atoms with E-state index in [-0.39, 0.29) is 37.9 Å². The molecule has 0 aromatic carbocycles. The number of nitrogens with one attached hydrogen (secondary N) is 2. The minimum atomic E-state index is -0.945. The van der Waals surface area contributed by atoms with E-state index in [9.17, 15) is 14.4 Å². The van der Waals surface area contributed by atoms with Crippen molar-refractivity contribution in [3.8, 4) is 6.07 Å². The first-order chi connectivity index (χ1) is 9.51. The predicted octanol–water partition coefficient (Wildman–Crippen LogP) is -0.472. The van der Waals surface area contributed by atoms with Crippen molar-refractivity contribution in [1.29, 1.82) is 5.26 Å². The van der Waals surface area contributed by atoms with Crippen LogP contribution in [-0.4, -0.2) is 43.2 Å². The van der Waals surface area contributed by atoms with Crippen LogP contribution in [0.4, 0.5) is 0 Å². The molecule has 0 unspecified atom stereocenters. The number of carboxylic acid groups (broad SMARTS) is 1. The topological polar surface area (TPSA) is 129 Å². The van der Waals surface area contributed by atoms with Gasteiger partial charge in [-0.3, -0.25) is 14.4 Å². The minimum Gasteiger partial charge on any atom is -0.481 e. The van der Waals surface area contributed by atoms with Crippen molar-refractivity contribution in [1.82, 2.24) is 10.6 Å². The van der Waals surface area contributed by atoms with Crippen LogP contribution >= 0.6 is 0 Å². The summed E-state index contributed by atoms with van der Waals surface area (Å²) in [5, 5.41) is 22.3. The molecule has 0 aliphatic heterocycles. The van der Waals surface area contributed by atoms with Crippen molar-refractivity contribution >= 4 is 17.8 Å². The molecule has 1 amide bonds. The normalized spacial score (nSPS) is 10.3. The zero-order chi connectivity index (χ0) is 15.4. The lowest BCUT2D eigenvalue weighted by molar-refractivity contribution is -0.140. The molecule has 0 saturated carbocycles. The van der Waals surface area contributed by atoms with Crippen molar-refractivity contribution in [2.75, 3.05) is 20.2 Å². The Hall–Kier alpha value is -2.56. The average molecular weight is 283 g/mol. The average Bonchev–Trinajstić information content (AvgIpc) is 2.42. The Bertz CT molecular complexity index is 425. The second-order valence-corrected chi connectivity index (χ2v) is 3.70. The Kier molecular flexibility index (Phi) is 9.04. The maximum Gasteiger partial charge on any atom is 0.307 e. The number of rotatable bonds is 9. The summed E-state index contributed by atoms with van der Waals surface area (Å²) in [4.78, 5) is 32.6. The van der Waals surface area contributed by atoms with Gasteiger partial charge in [-0.05, 0) is 6.42 Å². The van der Waals surface area contributed by atoms with Crippen LogP contribution in [0.1, 0.15) is 19.3 Å². The van der Waals surface area contributed by atoms with Crippen molar-refractivity contribution in [2.24, 2.45) is 0 Å². The quantitative estimate of drug-likeness (QED) is 0.226. The minimum absolute atomic E-state index is 0.0523. The third kappa shape index (κ3) is 8.52. The lowest BCUT2D eigenvalue weighted by atomic mass is 10.2. The maximum atomic E-state index is 11.5. The highest BCUT2D eigenvalue weighted by molar-refractivity contribution is 5.97. The molecule has 0 saturated heterocycles. The van der Waals surface area contributed by atoms with E-state index in [1.807, 2.05) is 0 Å². The van der Waals surface area contributed by atoms with Gasteiger partial charge in [0.1, 0.15) is 11.6 Å². The second kappa shape index (κ2) is 10.4. The molecule has 0 aliphatic carbocycles. The fourth-order valence-electron chi connectivity index (χ4n) is 1.14. The van der Waals surface area contributed by atoms with Crippen LogP contribution in [0, 0.1) is 11.3 Å². The fourth-order valence-corrected chi connectivity index (χ4v) is 1.14. The van der Waals surface area contributed by atoms with Gasteiger partial charge < -0.3 is 20.5 Å². The van der Waals surface area contributed by atoms with E-state index < -0.39 is 17.8 Å². The predicted molar refractivity (Wildman–Crippen MR) is 68.2 cm³/mol. The van der Waals surface area contributed by atoms with E-state index in [4.69, 9.17) is 10.4 Å². The molecule has 0 spiro atoms. The number of carbonyl (C=O) groups is 3. The fraction of sp³-hybridized carbons (Fsp3) is 0.500. The Morgan fingerprint density at radius 2 is 2.00 bits per heavy atom. The largest absolute Gasteiger partial charge is 0.481 e. The highest BCUT2D eigenvalue weighted by Gasteiger charge is 2.08. The molecule has 0 aromatic heterocycles. The number of carboxylic acids is 1. The molecule has 3 N–H and O–H groups in total. The Labute approximate surface area is 116 Å². The summed E-state index contributed by atoms with van der Waals surface area (Å²) < 4.78 is 4.42. The van der Waals surface area contributed by atoms with Gasteiger partial charge in [-0.2, -0.15) is 5.26 Å². The molecule has 20 heavy (non-hydrogen) atoms. The summed E-state index contributed by atoms with van der Waals surface area (Å²) in [5.74, 6) is -1.94. The summed E-state index contributed by atoms with van der Waals surface area (Å²) in [5.41, 5.74) is -0.148. The molecule has 0 radical (unpaired) electrons. The molecule has 0 aromatic rings. The van der Waals surface area contributed by atoms with Crippen LogP contribution in [0.2, 0.25) is 0 Å². The summed E-state index contributed by atoms with van der Waals surface area (Å²) in [6, 6.07) is 1.71. The molecule has 0 atom stereocenters. The van der Waals surface area contributed by atoms with Crippen LogP contribution < -0.4 is 10.6 Å². The molecule has 0 rings (SSSR count). The summed E-state index contributed by atoms with van der Waals surface area (Å²) in [6.07, 6.45) is 1.56. The SMILES string of the molecule is COC(=O)CCN/C=C(/C#N)C(=O)NCCCC(=O)O. The number of hydrogen-bond acceptors (Lipinski definition) is 6. The molecule has 8 nitrogen and oxygen atoms in total. The number of nitrogens with zero attached hydrogens (tertiary/aromatic N) is 1. The van der Waals surface area contributed by atoms with E-state index >= 15 is 0 Å². The molecular weight excluding hydrogens is 266 g/mol. The van der Waals surface area contributed by atoms with Crippen LogP contribution in [0.15, 0.2) is 11.8 Å². The lowest BCUT2D eigenvalue weighted by Crippen LogP contribution is -2.27. The van der Waals surface area contributed by atoms with Gasteiger partial charge in [0, 0.05) is 25.7 Å². The van der Waals surface area contributed by atoms with Crippen molar-refractivity contribution in [3.05, 3.63) is 11.8 Å². The number of nitriles is 1. The monoisotopic (exact) mass is 283 g/mol. The number of esters is 1. The molecular formula is C12H17N3O5. The maximum absolute atomic E-state index is 11.5. The number of carbonyl (C=O) groups excluding carboxylic acids is 2. The smallest absolute Gasteiger partial charge is 0.307 e. The van der Waals surface area contributed by atoms with E-state index in [0.29, 0.717) is 0 Å². The highest BCUT2D eigenvalue weighted by atomic mass is 16.5. The van der Waals surface area contributed by atoms with Crippen LogP contribution in [0.5, 0.6) is 0 Å².